The van der Waals surface area contributed by atoms with E-state index < -0.39 is 7.42 Å². The van der Waals surface area contributed by atoms with Gasteiger partial charge in [-0.25, -0.2) is 0 Å². The Hall–Kier alpha value is 0.757. The van der Waals surface area contributed by atoms with Crippen LogP contribution in [0.25, 0.3) is 0 Å². The molecule has 0 aromatic rings. The standard InChI is InChI=1S/C4H11Cl2NSi/c1-7(2)3-4-8(5)6/h8H,3-4H2,1-2H3. The van der Waals surface area contributed by atoms with Crippen molar-refractivity contribution in [2.45, 2.75) is 6.04 Å². The van der Waals surface area contributed by atoms with Gasteiger partial charge in [-0.1, -0.05) is 0 Å². The van der Waals surface area contributed by atoms with Crippen molar-refractivity contribution in [3.8, 4) is 0 Å². The predicted octanol–water partition coefficient (Wildman–Crippen LogP) is 1.25. The summed E-state index contributed by atoms with van der Waals surface area (Å²) >= 11 is 11.2. The fraction of sp³-hybridized carbons (Fsp3) is 1.00. The average molecular weight is 172 g/mol. The summed E-state index contributed by atoms with van der Waals surface area (Å²) in [5.74, 6) is 0. The molecule has 0 heterocycles. The third-order valence-electron chi connectivity index (χ3n) is 0.795. The van der Waals surface area contributed by atoms with Crippen molar-refractivity contribution in [1.82, 2.24) is 4.90 Å². The Balaban J connectivity index is 2.93. The maximum atomic E-state index is 5.60. The lowest BCUT2D eigenvalue weighted by Gasteiger charge is -2.07. The number of halogens is 2. The first-order valence-electron chi connectivity index (χ1n) is 2.56. The molecular formula is C4H11Cl2NSi. The van der Waals surface area contributed by atoms with Crippen LogP contribution >= 0.6 is 22.2 Å². The van der Waals surface area contributed by atoms with Gasteiger partial charge >= 0.3 is 0 Å². The Kier molecular flexibility index (Phi) is 5.06. The highest BCUT2D eigenvalue weighted by Crippen LogP contribution is 2.02. The zero-order chi connectivity index (χ0) is 6.57. The van der Waals surface area contributed by atoms with Crippen molar-refractivity contribution >= 4 is 29.6 Å². The molecule has 0 amide bonds. The van der Waals surface area contributed by atoms with Gasteiger partial charge in [-0.05, 0) is 26.7 Å². The summed E-state index contributed by atoms with van der Waals surface area (Å²) < 4.78 is 0. The Morgan fingerprint density at radius 2 is 1.88 bits per heavy atom. The van der Waals surface area contributed by atoms with Gasteiger partial charge in [-0.3, -0.25) is 0 Å². The van der Waals surface area contributed by atoms with E-state index in [9.17, 15) is 0 Å². The van der Waals surface area contributed by atoms with Crippen LogP contribution in [0.1, 0.15) is 0 Å². The van der Waals surface area contributed by atoms with E-state index in [1.807, 2.05) is 14.1 Å². The minimum Gasteiger partial charge on any atom is -0.310 e. The van der Waals surface area contributed by atoms with Crippen LogP contribution in [0.5, 0.6) is 0 Å². The van der Waals surface area contributed by atoms with Crippen molar-refractivity contribution in [2.75, 3.05) is 20.6 Å². The summed E-state index contributed by atoms with van der Waals surface area (Å²) in [6, 6.07) is 0.982. The van der Waals surface area contributed by atoms with E-state index in [2.05, 4.69) is 4.90 Å². The van der Waals surface area contributed by atoms with Crippen LogP contribution in [-0.2, 0) is 0 Å². The lowest BCUT2D eigenvalue weighted by molar-refractivity contribution is 0.433. The zero-order valence-corrected chi connectivity index (χ0v) is 7.86. The van der Waals surface area contributed by atoms with E-state index in [1.165, 1.54) is 0 Å². The Morgan fingerprint density at radius 3 is 2.00 bits per heavy atom. The number of hydrogen-bond acceptors (Lipinski definition) is 1. The molecule has 4 heteroatoms. The van der Waals surface area contributed by atoms with E-state index in [4.69, 9.17) is 22.2 Å². The molecule has 0 rings (SSSR count). The van der Waals surface area contributed by atoms with Crippen LogP contribution in [0.15, 0.2) is 0 Å². The van der Waals surface area contributed by atoms with Crippen molar-refractivity contribution in [3.05, 3.63) is 0 Å². The van der Waals surface area contributed by atoms with Gasteiger partial charge in [0.15, 0.2) is 0 Å². The van der Waals surface area contributed by atoms with Crippen LogP contribution in [0.2, 0.25) is 6.04 Å². The molecule has 1 nitrogen and oxygen atoms in total. The average Bonchev–Trinajstić information content (AvgIpc) is 1.61. The maximum absolute atomic E-state index is 5.60. The summed E-state index contributed by atoms with van der Waals surface area (Å²) in [4.78, 5) is 2.09. The number of hydrogen-bond donors (Lipinski definition) is 0. The molecule has 0 spiro atoms. The van der Waals surface area contributed by atoms with Gasteiger partial charge in [0.25, 0.3) is 0 Å². The Morgan fingerprint density at radius 1 is 1.38 bits per heavy atom. The topological polar surface area (TPSA) is 3.24 Å². The first-order valence-corrected chi connectivity index (χ1v) is 6.86. The van der Waals surface area contributed by atoms with Crippen LogP contribution < -0.4 is 0 Å². The van der Waals surface area contributed by atoms with Gasteiger partial charge in [0.2, 0.25) is 7.42 Å². The van der Waals surface area contributed by atoms with Crippen molar-refractivity contribution < 1.29 is 0 Å². The van der Waals surface area contributed by atoms with E-state index in [1.54, 1.807) is 0 Å². The van der Waals surface area contributed by atoms with E-state index in [0.717, 1.165) is 12.6 Å². The van der Waals surface area contributed by atoms with Gasteiger partial charge in [-0.2, -0.15) is 22.2 Å². The summed E-state index contributed by atoms with van der Waals surface area (Å²) in [6.45, 7) is 1.02. The Bertz CT molecular complexity index is 50.0. The fourth-order valence-corrected chi connectivity index (χ4v) is 1.65. The molecule has 0 unspecified atom stereocenters. The molecule has 0 aromatic heterocycles. The van der Waals surface area contributed by atoms with Crippen molar-refractivity contribution in [2.24, 2.45) is 0 Å². The summed E-state index contributed by atoms with van der Waals surface area (Å²) in [5.41, 5.74) is 0. The second-order valence-corrected chi connectivity index (χ2v) is 7.17. The zero-order valence-electron chi connectivity index (χ0n) is 5.19. The molecule has 0 fully saturated rings. The van der Waals surface area contributed by atoms with Gasteiger partial charge in [0.05, 0.1) is 0 Å². The van der Waals surface area contributed by atoms with Gasteiger partial charge in [-0.15, -0.1) is 0 Å². The molecule has 0 bridgehead atoms. The molecule has 0 N–H and O–H groups in total. The first-order chi connectivity index (χ1) is 3.63. The molecule has 0 aliphatic heterocycles. The molecular weight excluding hydrogens is 161 g/mol. The first kappa shape index (κ1) is 8.76. The highest BCUT2D eigenvalue weighted by molar-refractivity contribution is 7.33. The van der Waals surface area contributed by atoms with E-state index in [-0.39, 0.29) is 0 Å². The molecule has 8 heavy (non-hydrogen) atoms. The lowest BCUT2D eigenvalue weighted by Crippen LogP contribution is -2.15. The van der Waals surface area contributed by atoms with Gasteiger partial charge in [0.1, 0.15) is 0 Å². The normalized spacial score (nSPS) is 11.2. The van der Waals surface area contributed by atoms with Gasteiger partial charge < -0.3 is 4.90 Å². The predicted molar refractivity (Wildman–Crippen MR) is 42.2 cm³/mol. The third kappa shape index (κ3) is 6.76. The monoisotopic (exact) mass is 171 g/mol. The fourth-order valence-electron chi connectivity index (χ4n) is 0.356. The van der Waals surface area contributed by atoms with Crippen molar-refractivity contribution in [3.63, 3.8) is 0 Å². The van der Waals surface area contributed by atoms with Crippen LogP contribution in [-0.4, -0.2) is 33.0 Å². The molecule has 0 saturated carbocycles. The van der Waals surface area contributed by atoms with Crippen LogP contribution in [0, 0.1) is 0 Å². The number of nitrogens with zero attached hydrogens (tertiary/aromatic N) is 1. The third-order valence-corrected chi connectivity index (χ3v) is 2.80. The van der Waals surface area contributed by atoms with E-state index in [0.29, 0.717) is 0 Å². The highest BCUT2D eigenvalue weighted by atomic mass is 35.7. The molecule has 0 aromatic carbocycles. The number of rotatable bonds is 3. The second-order valence-electron chi connectivity index (χ2n) is 1.98. The van der Waals surface area contributed by atoms with Crippen molar-refractivity contribution in [1.29, 1.82) is 0 Å². The van der Waals surface area contributed by atoms with Crippen LogP contribution in [0.4, 0.5) is 0 Å². The summed E-state index contributed by atoms with van der Waals surface area (Å²) in [7, 11) is 2.71. The second kappa shape index (κ2) is 4.62. The molecule has 0 atom stereocenters. The minimum absolute atomic E-state index is 0.982. The quantitative estimate of drug-likeness (QED) is 0.457. The highest BCUT2D eigenvalue weighted by Gasteiger charge is 2.00. The molecule has 0 aliphatic rings. The SMILES string of the molecule is CN(C)CC[SiH](Cl)Cl. The molecule has 0 aliphatic carbocycles. The Labute approximate surface area is 61.6 Å². The molecule has 50 valence electrons. The van der Waals surface area contributed by atoms with Gasteiger partial charge in [0, 0.05) is 0 Å². The smallest absolute Gasteiger partial charge is 0.238 e. The molecule has 0 saturated heterocycles. The minimum atomic E-state index is -1.32. The van der Waals surface area contributed by atoms with E-state index >= 15 is 0 Å². The van der Waals surface area contributed by atoms with Crippen LogP contribution in [0.3, 0.4) is 0 Å². The maximum Gasteiger partial charge on any atom is 0.238 e. The largest absolute Gasteiger partial charge is 0.310 e. The summed E-state index contributed by atoms with van der Waals surface area (Å²) in [6.07, 6.45) is 0. The lowest BCUT2D eigenvalue weighted by atomic mass is 10.7. The summed E-state index contributed by atoms with van der Waals surface area (Å²) in [5, 5.41) is 0. The molecule has 0 radical (unpaired) electrons.